The second kappa shape index (κ2) is 8.14. The third kappa shape index (κ3) is 6.51. The van der Waals surface area contributed by atoms with E-state index >= 15 is 0 Å². The van der Waals surface area contributed by atoms with Crippen LogP contribution in [0.15, 0.2) is 23.2 Å². The number of rotatable bonds is 4. The summed E-state index contributed by atoms with van der Waals surface area (Å²) in [5.74, 6) is 0.218. The Morgan fingerprint density at radius 3 is 2.14 bits per heavy atom. The molecule has 0 bridgehead atoms. The predicted molar refractivity (Wildman–Crippen MR) is 105 cm³/mol. The number of hydrogen-bond acceptors (Lipinski definition) is 3. The molecule has 1 aromatic rings. The van der Waals surface area contributed by atoms with Crippen molar-refractivity contribution in [2.75, 3.05) is 17.6 Å². The van der Waals surface area contributed by atoms with Crippen molar-refractivity contribution in [3.8, 4) is 0 Å². The second-order valence-corrected chi connectivity index (χ2v) is 9.06. The van der Waals surface area contributed by atoms with E-state index in [0.717, 1.165) is 16.8 Å². The quantitative estimate of drug-likeness (QED) is 0.429. The van der Waals surface area contributed by atoms with Crippen LogP contribution in [0.1, 0.15) is 31.9 Å². The van der Waals surface area contributed by atoms with Crippen molar-refractivity contribution in [1.29, 1.82) is 0 Å². The molecular weight excluding hydrogens is 413 g/mol. The van der Waals surface area contributed by atoms with E-state index in [1.165, 1.54) is 0 Å². The number of benzene rings is 1. The first-order valence-corrected chi connectivity index (χ1v) is 8.54. The first kappa shape index (κ1) is 21.2. The van der Waals surface area contributed by atoms with E-state index in [1.54, 1.807) is 20.8 Å². The summed E-state index contributed by atoms with van der Waals surface area (Å²) in [5, 5.41) is 2.98. The fraction of sp³-hybridized carbons (Fsp3) is 0.533. The zero-order valence-corrected chi connectivity index (χ0v) is 17.0. The van der Waals surface area contributed by atoms with Gasteiger partial charge in [-0.3, -0.25) is 4.99 Å². The number of halogens is 1. The van der Waals surface area contributed by atoms with Gasteiger partial charge in [0.15, 0.2) is 15.8 Å². The van der Waals surface area contributed by atoms with Gasteiger partial charge >= 0.3 is 0 Å². The van der Waals surface area contributed by atoms with Crippen LogP contribution in [0.4, 0.5) is 5.69 Å². The summed E-state index contributed by atoms with van der Waals surface area (Å²) in [6, 6.07) is 5.98. The molecule has 0 saturated heterocycles. The van der Waals surface area contributed by atoms with Gasteiger partial charge in [-0.15, -0.1) is 24.0 Å². The van der Waals surface area contributed by atoms with Crippen molar-refractivity contribution in [2.45, 2.75) is 39.4 Å². The molecule has 5 nitrogen and oxygen atoms in total. The molecule has 0 spiro atoms. The maximum atomic E-state index is 12.0. The highest BCUT2D eigenvalue weighted by molar-refractivity contribution is 14.0. The molecule has 1 rings (SSSR count). The summed E-state index contributed by atoms with van der Waals surface area (Å²) in [5.41, 5.74) is 8.89. The van der Waals surface area contributed by atoms with Crippen molar-refractivity contribution in [2.24, 2.45) is 10.7 Å². The number of aliphatic imine (C=N–C) groups is 1. The fourth-order valence-electron chi connectivity index (χ4n) is 1.83. The third-order valence-electron chi connectivity index (χ3n) is 3.07. The summed E-state index contributed by atoms with van der Waals surface area (Å²) < 4.78 is 23.1. The molecule has 1 aromatic carbocycles. The monoisotopic (exact) mass is 439 g/mol. The fourth-order valence-corrected chi connectivity index (χ4v) is 2.77. The Hall–Kier alpha value is -0.830. The Labute approximate surface area is 150 Å². The number of nitrogens with one attached hydrogen (secondary N) is 1. The van der Waals surface area contributed by atoms with E-state index in [4.69, 9.17) is 5.73 Å². The Morgan fingerprint density at radius 1 is 1.18 bits per heavy atom. The van der Waals surface area contributed by atoms with Crippen LogP contribution >= 0.6 is 24.0 Å². The van der Waals surface area contributed by atoms with Gasteiger partial charge in [0.2, 0.25) is 0 Å². The molecule has 7 heteroatoms. The number of hydrogen-bond donors (Lipinski definition) is 2. The standard InChI is InChI=1S/C15H25N3O2S.HI/c1-11-8-12(2)10-13(9-11)18-14(16)17-6-7-21(19,20)15(3,4)5;/h8-10H,6-7H2,1-5H3,(H3,16,17,18);1H. The van der Waals surface area contributed by atoms with Crippen LogP contribution < -0.4 is 11.1 Å². The first-order valence-electron chi connectivity index (χ1n) is 6.89. The number of sulfone groups is 1. The largest absolute Gasteiger partial charge is 0.370 e. The summed E-state index contributed by atoms with van der Waals surface area (Å²) in [7, 11) is -3.17. The number of nitrogens with zero attached hydrogens (tertiary/aromatic N) is 1. The average molecular weight is 439 g/mol. The molecule has 3 N–H and O–H groups in total. The molecule has 0 saturated carbocycles. The van der Waals surface area contributed by atoms with Gasteiger partial charge < -0.3 is 11.1 Å². The Bertz CT molecular complexity index is 614. The van der Waals surface area contributed by atoms with Gasteiger partial charge in [-0.25, -0.2) is 8.42 Å². The molecule has 0 aliphatic heterocycles. The lowest BCUT2D eigenvalue weighted by atomic mass is 10.1. The molecule has 22 heavy (non-hydrogen) atoms. The van der Waals surface area contributed by atoms with Crippen LogP contribution in [0.5, 0.6) is 0 Å². The molecule has 0 aromatic heterocycles. The average Bonchev–Trinajstić information content (AvgIpc) is 2.25. The molecule has 0 radical (unpaired) electrons. The summed E-state index contributed by atoms with van der Waals surface area (Å²) in [6.07, 6.45) is 0. The first-order chi connectivity index (χ1) is 9.51. The lowest BCUT2D eigenvalue weighted by Gasteiger charge is -2.18. The number of aryl methyl sites for hydroxylation is 2. The van der Waals surface area contributed by atoms with E-state index in [0.29, 0.717) is 0 Å². The maximum absolute atomic E-state index is 12.0. The van der Waals surface area contributed by atoms with Crippen molar-refractivity contribution in [3.05, 3.63) is 29.3 Å². The molecule has 0 heterocycles. The van der Waals surface area contributed by atoms with Crippen LogP contribution in [0.25, 0.3) is 0 Å². The second-order valence-electron chi connectivity index (χ2n) is 6.20. The molecule has 0 fully saturated rings. The minimum atomic E-state index is -3.17. The summed E-state index contributed by atoms with van der Waals surface area (Å²) >= 11 is 0. The van der Waals surface area contributed by atoms with E-state index < -0.39 is 14.6 Å². The van der Waals surface area contributed by atoms with Crippen LogP contribution in [-0.2, 0) is 9.84 Å². The molecule has 126 valence electrons. The van der Waals surface area contributed by atoms with Crippen LogP contribution in [0.2, 0.25) is 0 Å². The van der Waals surface area contributed by atoms with Gasteiger partial charge in [0.25, 0.3) is 0 Å². The molecule has 0 unspecified atom stereocenters. The normalized spacial score (nSPS) is 12.7. The maximum Gasteiger partial charge on any atom is 0.193 e. The van der Waals surface area contributed by atoms with Crippen LogP contribution in [0, 0.1) is 13.8 Å². The van der Waals surface area contributed by atoms with Gasteiger partial charge in [-0.2, -0.15) is 0 Å². The van der Waals surface area contributed by atoms with E-state index in [1.807, 2.05) is 26.0 Å². The SMILES string of the molecule is Cc1cc(C)cc(NC(N)=NCCS(=O)(=O)C(C)(C)C)c1.I. The Balaban J connectivity index is 0.00000441. The van der Waals surface area contributed by atoms with Gasteiger partial charge in [-0.05, 0) is 57.9 Å². The van der Waals surface area contributed by atoms with Crippen molar-refractivity contribution in [3.63, 3.8) is 0 Å². The minimum Gasteiger partial charge on any atom is -0.370 e. The van der Waals surface area contributed by atoms with E-state index in [9.17, 15) is 8.42 Å². The van der Waals surface area contributed by atoms with E-state index in [-0.39, 0.29) is 42.2 Å². The Kier molecular flexibility index (Phi) is 7.84. The Morgan fingerprint density at radius 2 is 1.68 bits per heavy atom. The molecule has 0 aliphatic carbocycles. The zero-order valence-electron chi connectivity index (χ0n) is 13.8. The number of nitrogens with two attached hydrogens (primary N) is 1. The molecule has 0 aliphatic rings. The zero-order chi connectivity index (χ0) is 16.3. The minimum absolute atomic E-state index is 0. The number of guanidine groups is 1. The van der Waals surface area contributed by atoms with Gasteiger partial charge in [0.1, 0.15) is 0 Å². The van der Waals surface area contributed by atoms with Gasteiger partial charge in [0.05, 0.1) is 17.0 Å². The molecule has 0 atom stereocenters. The smallest absolute Gasteiger partial charge is 0.193 e. The van der Waals surface area contributed by atoms with Crippen molar-refractivity contribution < 1.29 is 8.42 Å². The van der Waals surface area contributed by atoms with Gasteiger partial charge in [-0.1, -0.05) is 6.07 Å². The lowest BCUT2D eigenvalue weighted by Crippen LogP contribution is -2.32. The topological polar surface area (TPSA) is 84.5 Å². The highest BCUT2D eigenvalue weighted by atomic mass is 127. The number of anilines is 1. The van der Waals surface area contributed by atoms with Crippen molar-refractivity contribution >= 4 is 45.5 Å². The highest BCUT2D eigenvalue weighted by Crippen LogP contribution is 2.16. The third-order valence-corrected chi connectivity index (χ3v) is 5.66. The lowest BCUT2D eigenvalue weighted by molar-refractivity contribution is 0.560. The summed E-state index contributed by atoms with van der Waals surface area (Å²) in [6.45, 7) is 9.21. The molecular formula is C15H26IN3O2S. The predicted octanol–water partition coefficient (Wildman–Crippen LogP) is 2.86. The van der Waals surface area contributed by atoms with Crippen LogP contribution in [-0.4, -0.2) is 31.4 Å². The van der Waals surface area contributed by atoms with Crippen LogP contribution in [0.3, 0.4) is 0 Å². The summed E-state index contributed by atoms with van der Waals surface area (Å²) in [4.78, 5) is 4.08. The van der Waals surface area contributed by atoms with Crippen molar-refractivity contribution in [1.82, 2.24) is 0 Å². The van der Waals surface area contributed by atoms with Gasteiger partial charge in [0, 0.05) is 5.69 Å². The van der Waals surface area contributed by atoms with E-state index in [2.05, 4.69) is 16.4 Å². The highest BCUT2D eigenvalue weighted by Gasteiger charge is 2.28. The molecule has 0 amide bonds.